The van der Waals surface area contributed by atoms with E-state index in [-0.39, 0.29) is 29.1 Å². The van der Waals surface area contributed by atoms with Crippen LogP contribution >= 0.6 is 0 Å². The highest BCUT2D eigenvalue weighted by Gasteiger charge is 2.52. The van der Waals surface area contributed by atoms with Gasteiger partial charge in [0.1, 0.15) is 11.4 Å². The van der Waals surface area contributed by atoms with Crippen molar-refractivity contribution in [2.45, 2.75) is 63.2 Å². The minimum absolute atomic E-state index is 0.0349. The number of nitrogens with one attached hydrogen (secondary N) is 2. The van der Waals surface area contributed by atoms with Crippen LogP contribution in [0.25, 0.3) is 0 Å². The number of hydrogen-bond acceptors (Lipinski definition) is 4. The summed E-state index contributed by atoms with van der Waals surface area (Å²) in [6.07, 6.45) is 11.3. The predicted molar refractivity (Wildman–Crippen MR) is 98.0 cm³/mol. The van der Waals surface area contributed by atoms with E-state index >= 15 is 0 Å². The first-order chi connectivity index (χ1) is 12.6. The van der Waals surface area contributed by atoms with E-state index in [9.17, 15) is 9.59 Å². The summed E-state index contributed by atoms with van der Waals surface area (Å²) in [7, 11) is 0. The number of amides is 1. The van der Waals surface area contributed by atoms with Gasteiger partial charge in [-0.15, -0.1) is 0 Å². The molecule has 4 aliphatic rings. The number of aromatic amines is 1. The number of carbonyl (C=O) groups is 1. The largest absolute Gasteiger partial charge is 0.396 e. The molecule has 4 fully saturated rings. The van der Waals surface area contributed by atoms with Crippen LogP contribution in [0.3, 0.4) is 0 Å². The molecule has 4 bridgehead atoms. The molecule has 0 aromatic carbocycles. The molecule has 3 N–H and O–H groups in total. The van der Waals surface area contributed by atoms with E-state index in [1.165, 1.54) is 25.5 Å². The summed E-state index contributed by atoms with van der Waals surface area (Å²) >= 11 is 0. The van der Waals surface area contributed by atoms with Crippen molar-refractivity contribution < 1.29 is 9.90 Å². The molecule has 0 saturated heterocycles. The van der Waals surface area contributed by atoms with Crippen LogP contribution in [0.4, 0.5) is 0 Å². The lowest BCUT2D eigenvalue weighted by molar-refractivity contribution is -0.00953. The first kappa shape index (κ1) is 17.7. The summed E-state index contributed by atoms with van der Waals surface area (Å²) in [4.78, 5) is 32.3. The van der Waals surface area contributed by atoms with Crippen LogP contribution in [-0.4, -0.2) is 34.1 Å². The molecule has 1 aromatic heterocycles. The maximum Gasteiger partial charge on any atom is 0.263 e. The zero-order valence-electron chi connectivity index (χ0n) is 15.3. The molecule has 6 nitrogen and oxygen atoms in total. The molecule has 6 heteroatoms. The highest BCUT2D eigenvalue weighted by molar-refractivity contribution is 5.93. The van der Waals surface area contributed by atoms with Gasteiger partial charge in [0.25, 0.3) is 11.5 Å². The van der Waals surface area contributed by atoms with Crippen molar-refractivity contribution >= 4 is 5.91 Å². The molecule has 1 heterocycles. The molecular weight excluding hydrogens is 330 g/mol. The minimum Gasteiger partial charge on any atom is -0.396 e. The summed E-state index contributed by atoms with van der Waals surface area (Å²) in [6.45, 7) is 0.679. The number of hydrogen-bond donors (Lipinski definition) is 3. The van der Waals surface area contributed by atoms with Gasteiger partial charge in [0, 0.05) is 24.8 Å². The number of aromatic nitrogens is 2. The Morgan fingerprint density at radius 3 is 2.38 bits per heavy atom. The first-order valence-electron chi connectivity index (χ1n) is 10.1. The lowest BCUT2D eigenvalue weighted by atomic mass is 9.49. The van der Waals surface area contributed by atoms with E-state index in [0.717, 1.165) is 62.1 Å². The lowest BCUT2D eigenvalue weighted by Crippen LogP contribution is -2.50. The SMILES string of the molecule is O=C(NCCCCCO)c1cnc(C23CC4CC(CC(C4)C2)C3)[nH]c1=O. The molecule has 0 aliphatic heterocycles. The van der Waals surface area contributed by atoms with Gasteiger partial charge < -0.3 is 15.4 Å². The molecule has 1 amide bonds. The molecule has 0 atom stereocenters. The van der Waals surface area contributed by atoms with Gasteiger partial charge in [-0.3, -0.25) is 9.59 Å². The Balaban J connectivity index is 1.45. The smallest absolute Gasteiger partial charge is 0.263 e. The van der Waals surface area contributed by atoms with E-state index < -0.39 is 0 Å². The fourth-order valence-corrected chi connectivity index (χ4v) is 5.94. The normalized spacial score (nSPS) is 32.0. The highest BCUT2D eigenvalue weighted by Crippen LogP contribution is 2.59. The summed E-state index contributed by atoms with van der Waals surface area (Å²) in [6, 6.07) is 0. The van der Waals surface area contributed by atoms with Gasteiger partial charge in [0.2, 0.25) is 0 Å². The number of nitrogens with zero attached hydrogens (tertiary/aromatic N) is 1. The van der Waals surface area contributed by atoms with Crippen LogP contribution in [0.1, 0.15) is 74.0 Å². The standard InChI is InChI=1S/C20H29N3O3/c24-5-3-1-2-4-21-17(25)16-12-22-19(23-18(16)26)20-9-13-6-14(10-20)8-15(7-13)11-20/h12-15,24H,1-11H2,(H,21,25)(H,22,23,26). The average Bonchev–Trinajstić information content (AvgIpc) is 2.60. The number of H-pyrrole nitrogens is 1. The van der Waals surface area contributed by atoms with Gasteiger partial charge in [0.15, 0.2) is 0 Å². The first-order valence-corrected chi connectivity index (χ1v) is 10.1. The zero-order valence-corrected chi connectivity index (χ0v) is 15.3. The molecular formula is C20H29N3O3. The van der Waals surface area contributed by atoms with Crippen LogP contribution in [0.2, 0.25) is 0 Å². The molecule has 1 aromatic rings. The maximum atomic E-state index is 12.5. The van der Waals surface area contributed by atoms with Crippen LogP contribution in [0.5, 0.6) is 0 Å². The fourth-order valence-electron chi connectivity index (χ4n) is 5.94. The van der Waals surface area contributed by atoms with E-state index in [4.69, 9.17) is 5.11 Å². The molecule has 4 saturated carbocycles. The summed E-state index contributed by atoms with van der Waals surface area (Å²) in [5.74, 6) is 2.80. The van der Waals surface area contributed by atoms with Crippen molar-refractivity contribution in [3.8, 4) is 0 Å². The van der Waals surface area contributed by atoms with Crippen molar-refractivity contribution in [2.75, 3.05) is 13.2 Å². The average molecular weight is 359 g/mol. The fraction of sp³-hybridized carbons (Fsp3) is 0.750. The Bertz CT molecular complexity index is 692. The molecule has 142 valence electrons. The Morgan fingerprint density at radius 1 is 1.15 bits per heavy atom. The monoisotopic (exact) mass is 359 g/mol. The lowest BCUT2D eigenvalue weighted by Gasteiger charge is -2.56. The van der Waals surface area contributed by atoms with Gasteiger partial charge in [-0.05, 0) is 75.5 Å². The quantitative estimate of drug-likeness (QED) is 0.650. The number of unbranched alkanes of at least 4 members (excludes halogenated alkanes) is 2. The van der Waals surface area contributed by atoms with Crippen molar-refractivity contribution in [1.82, 2.24) is 15.3 Å². The Hall–Kier alpha value is -1.69. The van der Waals surface area contributed by atoms with Gasteiger partial charge in [-0.25, -0.2) is 4.98 Å². The van der Waals surface area contributed by atoms with Crippen molar-refractivity contribution in [3.05, 3.63) is 27.9 Å². The molecule has 5 rings (SSSR count). The van der Waals surface area contributed by atoms with Crippen LogP contribution in [-0.2, 0) is 5.41 Å². The topological polar surface area (TPSA) is 95.1 Å². The third-order valence-corrected chi connectivity index (χ3v) is 6.70. The van der Waals surface area contributed by atoms with Crippen LogP contribution < -0.4 is 10.9 Å². The second kappa shape index (κ2) is 7.14. The van der Waals surface area contributed by atoms with Crippen molar-refractivity contribution in [3.63, 3.8) is 0 Å². The van der Waals surface area contributed by atoms with Crippen molar-refractivity contribution in [1.29, 1.82) is 0 Å². The van der Waals surface area contributed by atoms with Crippen LogP contribution in [0, 0.1) is 17.8 Å². The molecule has 0 radical (unpaired) electrons. The summed E-state index contributed by atoms with van der Waals surface area (Å²) in [5, 5.41) is 11.5. The summed E-state index contributed by atoms with van der Waals surface area (Å²) in [5.41, 5.74) is -0.188. The Labute approximate surface area is 153 Å². The summed E-state index contributed by atoms with van der Waals surface area (Å²) < 4.78 is 0. The van der Waals surface area contributed by atoms with Gasteiger partial charge in [-0.1, -0.05) is 0 Å². The molecule has 4 aliphatic carbocycles. The third kappa shape index (κ3) is 3.31. The Morgan fingerprint density at radius 2 is 1.81 bits per heavy atom. The number of carbonyl (C=O) groups excluding carboxylic acids is 1. The van der Waals surface area contributed by atoms with Gasteiger partial charge in [-0.2, -0.15) is 0 Å². The number of aliphatic hydroxyl groups excluding tert-OH is 1. The molecule has 0 unspecified atom stereocenters. The third-order valence-electron chi connectivity index (χ3n) is 6.70. The van der Waals surface area contributed by atoms with E-state index in [1.54, 1.807) is 0 Å². The highest BCUT2D eigenvalue weighted by atomic mass is 16.3. The van der Waals surface area contributed by atoms with Crippen LogP contribution in [0.15, 0.2) is 11.0 Å². The van der Waals surface area contributed by atoms with Gasteiger partial charge in [0.05, 0.1) is 0 Å². The Kier molecular flexibility index (Phi) is 4.86. The van der Waals surface area contributed by atoms with E-state index in [1.807, 2.05) is 0 Å². The molecule has 26 heavy (non-hydrogen) atoms. The minimum atomic E-state index is -0.361. The van der Waals surface area contributed by atoms with Crippen molar-refractivity contribution in [2.24, 2.45) is 17.8 Å². The predicted octanol–water partition coefficient (Wildman–Crippen LogP) is 2.13. The number of aliphatic hydroxyl groups is 1. The second-order valence-corrected chi connectivity index (χ2v) is 8.71. The van der Waals surface area contributed by atoms with Gasteiger partial charge >= 0.3 is 0 Å². The van der Waals surface area contributed by atoms with E-state index in [2.05, 4.69) is 15.3 Å². The second-order valence-electron chi connectivity index (χ2n) is 8.71. The number of rotatable bonds is 7. The molecule has 0 spiro atoms. The maximum absolute atomic E-state index is 12.5. The van der Waals surface area contributed by atoms with E-state index in [0.29, 0.717) is 6.54 Å². The zero-order chi connectivity index (χ0) is 18.1.